The number of fused-ring (bicyclic) bond motifs is 1. The van der Waals surface area contributed by atoms with Gasteiger partial charge in [0.25, 0.3) is 0 Å². The summed E-state index contributed by atoms with van der Waals surface area (Å²) in [5, 5.41) is 4.48. The van der Waals surface area contributed by atoms with Gasteiger partial charge in [-0.2, -0.15) is 10.1 Å². The number of amides is 1. The van der Waals surface area contributed by atoms with Gasteiger partial charge in [-0.05, 0) is 29.7 Å². The molecule has 2 aromatic carbocycles. The Hall–Kier alpha value is -3.15. The van der Waals surface area contributed by atoms with Crippen LogP contribution in [-0.2, 0) is 4.79 Å². The Morgan fingerprint density at radius 3 is 2.28 bits per heavy atom. The lowest BCUT2D eigenvalue weighted by molar-refractivity contribution is -0.126. The van der Waals surface area contributed by atoms with Gasteiger partial charge in [-0.25, -0.2) is 4.68 Å². The Balaban J connectivity index is 1.84. The number of hydrogen-bond acceptors (Lipinski definition) is 4. The minimum Gasteiger partial charge on any atom is -0.497 e. The van der Waals surface area contributed by atoms with E-state index in [0.717, 1.165) is 16.9 Å². The second-order valence-electron chi connectivity index (χ2n) is 8.38. The largest absolute Gasteiger partial charge is 0.497 e. The monoisotopic (exact) mass is 390 g/mol. The van der Waals surface area contributed by atoms with Crippen LogP contribution in [0.4, 0.5) is 5.95 Å². The summed E-state index contributed by atoms with van der Waals surface area (Å²) in [5.41, 5.74) is 1.67. The highest BCUT2D eigenvalue weighted by Gasteiger charge is 2.42. The fraction of sp³-hybridized carbons (Fsp3) is 0.348. The van der Waals surface area contributed by atoms with E-state index in [0.29, 0.717) is 12.4 Å². The number of methoxy groups -OCH3 is 1. The number of carbonyl (C=O) groups is 1. The van der Waals surface area contributed by atoms with Gasteiger partial charge in [0.1, 0.15) is 12.1 Å². The van der Waals surface area contributed by atoms with Crippen LogP contribution in [-0.4, -0.2) is 27.8 Å². The summed E-state index contributed by atoms with van der Waals surface area (Å²) in [6, 6.07) is 18.1. The van der Waals surface area contributed by atoms with Crippen molar-refractivity contribution in [3.05, 3.63) is 72.1 Å². The van der Waals surface area contributed by atoms with Crippen molar-refractivity contribution in [2.24, 2.45) is 5.41 Å². The fourth-order valence-electron chi connectivity index (χ4n) is 3.85. The van der Waals surface area contributed by atoms with Gasteiger partial charge in [-0.3, -0.25) is 9.69 Å². The molecule has 4 rings (SSSR count). The van der Waals surface area contributed by atoms with Crippen LogP contribution in [0.1, 0.15) is 50.4 Å². The molecule has 6 heteroatoms. The first-order valence-electron chi connectivity index (χ1n) is 9.82. The molecule has 1 aliphatic heterocycles. The minimum absolute atomic E-state index is 0.00446. The van der Waals surface area contributed by atoms with Crippen LogP contribution in [0.3, 0.4) is 0 Å². The molecule has 0 saturated heterocycles. The standard InChI is InChI=1S/C23H26N4O2/c1-23(2,3)21(28)26-19(17-10-12-18(29-4)13-11-17)14-20(16-8-6-5-7-9-16)27-22(26)24-15-25-27/h5-13,15,19-20H,14H2,1-4H3/t19-,20+/m1/s1. The van der Waals surface area contributed by atoms with Crippen molar-refractivity contribution in [3.63, 3.8) is 0 Å². The van der Waals surface area contributed by atoms with Crippen molar-refractivity contribution in [1.82, 2.24) is 14.8 Å². The molecule has 0 unspecified atom stereocenters. The summed E-state index contributed by atoms with van der Waals surface area (Å²) >= 11 is 0. The number of benzene rings is 2. The molecule has 2 atom stereocenters. The number of hydrogen-bond donors (Lipinski definition) is 0. The highest BCUT2D eigenvalue weighted by molar-refractivity contribution is 5.96. The predicted octanol–water partition coefficient (Wildman–Crippen LogP) is 4.40. The first kappa shape index (κ1) is 19.2. The second-order valence-corrected chi connectivity index (χ2v) is 8.38. The van der Waals surface area contributed by atoms with Gasteiger partial charge in [0.15, 0.2) is 0 Å². The maximum absolute atomic E-state index is 13.5. The highest BCUT2D eigenvalue weighted by atomic mass is 16.5. The molecule has 1 amide bonds. The number of aromatic nitrogens is 3. The van der Waals surface area contributed by atoms with E-state index >= 15 is 0 Å². The molecule has 3 aromatic rings. The van der Waals surface area contributed by atoms with E-state index in [1.165, 1.54) is 6.33 Å². The molecule has 0 saturated carbocycles. The van der Waals surface area contributed by atoms with Crippen molar-refractivity contribution in [3.8, 4) is 5.75 Å². The summed E-state index contributed by atoms with van der Waals surface area (Å²) in [4.78, 5) is 19.8. The summed E-state index contributed by atoms with van der Waals surface area (Å²) in [5.74, 6) is 1.41. The Labute approximate surface area is 171 Å². The van der Waals surface area contributed by atoms with Crippen LogP contribution in [0.15, 0.2) is 60.9 Å². The molecule has 1 aliphatic rings. The molecular formula is C23H26N4O2. The third kappa shape index (κ3) is 3.50. The molecule has 0 fully saturated rings. The lowest BCUT2D eigenvalue weighted by Gasteiger charge is -2.41. The lowest BCUT2D eigenvalue weighted by atomic mass is 9.88. The molecule has 0 radical (unpaired) electrons. The topological polar surface area (TPSA) is 60.2 Å². The van der Waals surface area contributed by atoms with Crippen LogP contribution < -0.4 is 9.64 Å². The van der Waals surface area contributed by atoms with E-state index in [1.807, 2.05) is 72.8 Å². The van der Waals surface area contributed by atoms with Gasteiger partial charge in [0.05, 0.1) is 19.2 Å². The predicted molar refractivity (Wildman–Crippen MR) is 112 cm³/mol. The summed E-state index contributed by atoms with van der Waals surface area (Å²) in [7, 11) is 1.65. The van der Waals surface area contributed by atoms with Crippen LogP contribution in [0.25, 0.3) is 0 Å². The van der Waals surface area contributed by atoms with Crippen LogP contribution >= 0.6 is 0 Å². The minimum atomic E-state index is -0.541. The van der Waals surface area contributed by atoms with Crippen molar-refractivity contribution < 1.29 is 9.53 Å². The third-order valence-electron chi connectivity index (χ3n) is 5.37. The van der Waals surface area contributed by atoms with E-state index in [9.17, 15) is 4.79 Å². The van der Waals surface area contributed by atoms with Gasteiger partial charge in [-0.15, -0.1) is 0 Å². The van der Waals surface area contributed by atoms with Crippen molar-refractivity contribution in [2.75, 3.05) is 12.0 Å². The van der Waals surface area contributed by atoms with E-state index in [2.05, 4.69) is 22.2 Å². The molecule has 29 heavy (non-hydrogen) atoms. The molecule has 0 aliphatic carbocycles. The molecule has 0 N–H and O–H groups in total. The average molecular weight is 390 g/mol. The first-order chi connectivity index (χ1) is 13.9. The summed E-state index contributed by atoms with van der Waals surface area (Å²) in [6.07, 6.45) is 2.25. The molecule has 2 heterocycles. The Morgan fingerprint density at radius 2 is 1.66 bits per heavy atom. The fourth-order valence-corrected chi connectivity index (χ4v) is 3.85. The van der Waals surface area contributed by atoms with Gasteiger partial charge >= 0.3 is 0 Å². The maximum atomic E-state index is 13.5. The number of anilines is 1. The smallest absolute Gasteiger partial charge is 0.235 e. The van der Waals surface area contributed by atoms with Gasteiger partial charge in [0, 0.05) is 5.41 Å². The van der Waals surface area contributed by atoms with E-state index < -0.39 is 5.41 Å². The third-order valence-corrected chi connectivity index (χ3v) is 5.37. The molecule has 150 valence electrons. The number of nitrogens with zero attached hydrogens (tertiary/aromatic N) is 4. The summed E-state index contributed by atoms with van der Waals surface area (Å²) in [6.45, 7) is 5.80. The van der Waals surface area contributed by atoms with Crippen molar-refractivity contribution in [1.29, 1.82) is 0 Å². The zero-order chi connectivity index (χ0) is 20.6. The molecule has 6 nitrogen and oxygen atoms in total. The van der Waals surface area contributed by atoms with Crippen LogP contribution in [0.5, 0.6) is 5.75 Å². The second kappa shape index (κ2) is 7.35. The van der Waals surface area contributed by atoms with Gasteiger partial charge in [0.2, 0.25) is 11.9 Å². The Kier molecular flexibility index (Phi) is 4.86. The number of carbonyl (C=O) groups excluding carboxylic acids is 1. The maximum Gasteiger partial charge on any atom is 0.235 e. The summed E-state index contributed by atoms with van der Waals surface area (Å²) < 4.78 is 7.19. The number of rotatable bonds is 3. The van der Waals surface area contributed by atoms with Gasteiger partial charge in [-0.1, -0.05) is 63.2 Å². The molecule has 1 aromatic heterocycles. The number of ether oxygens (including phenoxy) is 1. The van der Waals surface area contributed by atoms with Gasteiger partial charge < -0.3 is 4.74 Å². The van der Waals surface area contributed by atoms with Crippen LogP contribution in [0, 0.1) is 5.41 Å². The van der Waals surface area contributed by atoms with Crippen molar-refractivity contribution >= 4 is 11.9 Å². The molecular weight excluding hydrogens is 364 g/mol. The normalized spacial score (nSPS) is 19.0. The van der Waals surface area contributed by atoms with Crippen LogP contribution in [0.2, 0.25) is 0 Å². The van der Waals surface area contributed by atoms with Crippen molar-refractivity contribution in [2.45, 2.75) is 39.3 Å². The SMILES string of the molecule is COc1ccc([C@H]2C[C@@H](c3ccccc3)n3ncnc3N2C(=O)C(C)(C)C)cc1. The average Bonchev–Trinajstić information content (AvgIpc) is 3.22. The lowest BCUT2D eigenvalue weighted by Crippen LogP contribution is -2.47. The van der Waals surface area contributed by atoms with E-state index in [1.54, 1.807) is 7.11 Å². The Bertz CT molecular complexity index is 990. The van der Waals surface area contributed by atoms with E-state index in [4.69, 9.17) is 4.74 Å². The molecule has 0 spiro atoms. The zero-order valence-electron chi connectivity index (χ0n) is 17.2. The van der Waals surface area contributed by atoms with E-state index in [-0.39, 0.29) is 18.0 Å². The first-order valence-corrected chi connectivity index (χ1v) is 9.82. The Morgan fingerprint density at radius 1 is 1.00 bits per heavy atom. The quantitative estimate of drug-likeness (QED) is 0.665. The molecule has 0 bridgehead atoms. The highest BCUT2D eigenvalue weighted by Crippen LogP contribution is 2.43. The zero-order valence-corrected chi connectivity index (χ0v) is 17.2.